The second-order valence-corrected chi connectivity index (χ2v) is 5.07. The fraction of sp³-hybridized carbons (Fsp3) is 0.214. The van der Waals surface area contributed by atoms with E-state index >= 15 is 0 Å². The third-order valence-corrected chi connectivity index (χ3v) is 3.48. The molecule has 2 N–H and O–H groups in total. The highest BCUT2D eigenvalue weighted by atomic mass is 32.2. The van der Waals surface area contributed by atoms with E-state index < -0.39 is 11.7 Å². The second-order valence-electron chi connectivity index (χ2n) is 4.36. The van der Waals surface area contributed by atoms with E-state index in [1.54, 1.807) is 11.7 Å². The maximum Gasteiger partial charge on any atom is 0.416 e. The molecular formula is C14H12F3NOS. The number of ketones is 1. The quantitative estimate of drug-likeness (QED) is 0.849. The number of allylic oxidation sites excluding steroid dienone is 2. The Balaban J connectivity index is 2.45. The SMILES string of the molecule is CSC=C1CC(N)=C(c2cccc(C(F)(F)F)c2)C1=O. The van der Waals surface area contributed by atoms with Crippen LogP contribution in [0.1, 0.15) is 17.5 Å². The standard InChI is InChI=1S/C14H12F3NOS/c1-20-7-9-6-11(18)12(13(9)19)8-3-2-4-10(5-8)14(15,16)17/h2-5,7H,6,18H2,1H3. The lowest BCUT2D eigenvalue weighted by Gasteiger charge is -2.09. The lowest BCUT2D eigenvalue weighted by molar-refractivity contribution is -0.137. The molecule has 1 aliphatic carbocycles. The number of carbonyl (C=O) groups excluding carboxylic acids is 1. The third kappa shape index (κ3) is 2.75. The van der Waals surface area contributed by atoms with Crippen LogP contribution in [-0.4, -0.2) is 12.0 Å². The first-order valence-corrected chi connectivity index (χ1v) is 7.06. The van der Waals surface area contributed by atoms with Crippen molar-refractivity contribution in [3.05, 3.63) is 52.1 Å². The summed E-state index contributed by atoms with van der Waals surface area (Å²) in [5, 5.41) is 1.68. The van der Waals surface area contributed by atoms with Crippen LogP contribution in [0.25, 0.3) is 5.57 Å². The van der Waals surface area contributed by atoms with Gasteiger partial charge in [0.15, 0.2) is 5.78 Å². The summed E-state index contributed by atoms with van der Waals surface area (Å²) in [6.45, 7) is 0. The van der Waals surface area contributed by atoms with Crippen molar-refractivity contribution >= 4 is 23.1 Å². The molecule has 20 heavy (non-hydrogen) atoms. The van der Waals surface area contributed by atoms with Gasteiger partial charge in [0.05, 0.1) is 5.56 Å². The zero-order valence-electron chi connectivity index (χ0n) is 10.6. The summed E-state index contributed by atoms with van der Waals surface area (Å²) < 4.78 is 38.1. The van der Waals surface area contributed by atoms with Crippen molar-refractivity contribution in [2.24, 2.45) is 5.73 Å². The molecule has 2 rings (SSSR count). The number of nitrogens with two attached hydrogens (primary N) is 1. The van der Waals surface area contributed by atoms with Crippen LogP contribution < -0.4 is 5.73 Å². The molecule has 6 heteroatoms. The molecule has 0 aromatic heterocycles. The molecule has 0 spiro atoms. The number of rotatable bonds is 2. The summed E-state index contributed by atoms with van der Waals surface area (Å²) in [7, 11) is 0. The zero-order valence-corrected chi connectivity index (χ0v) is 11.4. The number of hydrogen-bond donors (Lipinski definition) is 1. The normalized spacial score (nSPS) is 18.2. The first-order valence-electron chi connectivity index (χ1n) is 5.77. The first kappa shape index (κ1) is 14.7. The van der Waals surface area contributed by atoms with E-state index in [-0.39, 0.29) is 23.3 Å². The highest BCUT2D eigenvalue weighted by Gasteiger charge is 2.32. The second kappa shape index (κ2) is 5.36. The number of carbonyl (C=O) groups is 1. The number of halogens is 3. The molecule has 0 saturated heterocycles. The number of benzene rings is 1. The van der Waals surface area contributed by atoms with Crippen LogP contribution in [0.4, 0.5) is 13.2 Å². The van der Waals surface area contributed by atoms with Gasteiger partial charge in [0.2, 0.25) is 0 Å². The van der Waals surface area contributed by atoms with Crippen LogP contribution in [0.15, 0.2) is 40.9 Å². The molecule has 0 atom stereocenters. The van der Waals surface area contributed by atoms with E-state index in [4.69, 9.17) is 5.73 Å². The lowest BCUT2D eigenvalue weighted by atomic mass is 10.0. The molecule has 0 bridgehead atoms. The van der Waals surface area contributed by atoms with Crippen LogP contribution in [0, 0.1) is 0 Å². The van der Waals surface area contributed by atoms with Crippen molar-refractivity contribution in [1.29, 1.82) is 0 Å². The predicted octanol–water partition coefficient (Wildman–Crippen LogP) is 3.59. The first-order chi connectivity index (χ1) is 9.34. The van der Waals surface area contributed by atoms with Crippen LogP contribution in [0.5, 0.6) is 0 Å². The highest BCUT2D eigenvalue weighted by Crippen LogP contribution is 2.36. The van der Waals surface area contributed by atoms with Crippen LogP contribution in [0.3, 0.4) is 0 Å². The average Bonchev–Trinajstić information content (AvgIpc) is 2.64. The van der Waals surface area contributed by atoms with Crippen molar-refractivity contribution in [2.75, 3.05) is 6.26 Å². The van der Waals surface area contributed by atoms with E-state index in [0.717, 1.165) is 12.1 Å². The van der Waals surface area contributed by atoms with Gasteiger partial charge in [-0.05, 0) is 29.4 Å². The Kier molecular flexibility index (Phi) is 3.94. The molecule has 0 unspecified atom stereocenters. The summed E-state index contributed by atoms with van der Waals surface area (Å²) >= 11 is 1.36. The van der Waals surface area contributed by atoms with Crippen molar-refractivity contribution in [1.82, 2.24) is 0 Å². The predicted molar refractivity (Wildman–Crippen MR) is 73.8 cm³/mol. The van der Waals surface area contributed by atoms with Gasteiger partial charge in [0.1, 0.15) is 0 Å². The maximum atomic E-state index is 12.7. The van der Waals surface area contributed by atoms with Gasteiger partial charge in [-0.1, -0.05) is 12.1 Å². The summed E-state index contributed by atoms with van der Waals surface area (Å²) in [6, 6.07) is 4.68. The zero-order chi connectivity index (χ0) is 14.9. The minimum absolute atomic E-state index is 0.177. The molecule has 0 aliphatic heterocycles. The monoisotopic (exact) mass is 299 g/mol. The van der Waals surface area contributed by atoms with Crippen LogP contribution in [-0.2, 0) is 11.0 Å². The van der Waals surface area contributed by atoms with Gasteiger partial charge in [-0.25, -0.2) is 0 Å². The van der Waals surface area contributed by atoms with Crippen molar-refractivity contribution < 1.29 is 18.0 Å². The van der Waals surface area contributed by atoms with Gasteiger partial charge in [-0.2, -0.15) is 13.2 Å². The molecule has 0 amide bonds. The van der Waals surface area contributed by atoms with E-state index in [2.05, 4.69) is 0 Å². The topological polar surface area (TPSA) is 43.1 Å². The van der Waals surface area contributed by atoms with Crippen molar-refractivity contribution in [3.8, 4) is 0 Å². The summed E-state index contributed by atoms with van der Waals surface area (Å²) in [5.41, 5.74) is 6.24. The number of thioether (sulfide) groups is 1. The van der Waals surface area contributed by atoms with Gasteiger partial charge >= 0.3 is 6.18 Å². The molecule has 0 fully saturated rings. The molecule has 106 valence electrons. The Morgan fingerprint density at radius 1 is 1.35 bits per heavy atom. The third-order valence-electron chi connectivity index (χ3n) is 2.96. The highest BCUT2D eigenvalue weighted by molar-refractivity contribution is 8.01. The number of alkyl halides is 3. The van der Waals surface area contributed by atoms with E-state index in [1.165, 1.54) is 23.9 Å². The van der Waals surface area contributed by atoms with E-state index in [0.29, 0.717) is 11.3 Å². The van der Waals surface area contributed by atoms with E-state index in [9.17, 15) is 18.0 Å². The van der Waals surface area contributed by atoms with Gasteiger partial charge < -0.3 is 5.73 Å². The van der Waals surface area contributed by atoms with Gasteiger partial charge in [-0.15, -0.1) is 11.8 Å². The Labute approximate surface area is 118 Å². The Bertz CT molecular complexity index is 617. The maximum absolute atomic E-state index is 12.7. The molecule has 2 nitrogen and oxygen atoms in total. The van der Waals surface area contributed by atoms with Crippen LogP contribution >= 0.6 is 11.8 Å². The molecule has 0 heterocycles. The minimum atomic E-state index is -4.44. The number of hydrogen-bond acceptors (Lipinski definition) is 3. The lowest BCUT2D eigenvalue weighted by Crippen LogP contribution is -2.07. The molecule has 1 aromatic rings. The Hall–Kier alpha value is -1.69. The summed E-state index contributed by atoms with van der Waals surface area (Å²) in [6.07, 6.45) is -2.35. The fourth-order valence-electron chi connectivity index (χ4n) is 2.09. The fourth-order valence-corrected chi connectivity index (χ4v) is 2.56. The minimum Gasteiger partial charge on any atom is -0.401 e. The molecular weight excluding hydrogens is 287 g/mol. The summed E-state index contributed by atoms with van der Waals surface area (Å²) in [4.78, 5) is 12.2. The van der Waals surface area contributed by atoms with Crippen molar-refractivity contribution in [3.63, 3.8) is 0 Å². The largest absolute Gasteiger partial charge is 0.416 e. The smallest absolute Gasteiger partial charge is 0.401 e. The molecule has 1 aliphatic rings. The van der Waals surface area contributed by atoms with E-state index in [1.807, 2.05) is 0 Å². The molecule has 0 saturated carbocycles. The molecule has 1 aromatic carbocycles. The van der Waals surface area contributed by atoms with Gasteiger partial charge in [0, 0.05) is 23.3 Å². The summed E-state index contributed by atoms with van der Waals surface area (Å²) in [5.74, 6) is -0.295. The van der Waals surface area contributed by atoms with Gasteiger partial charge in [-0.3, -0.25) is 4.79 Å². The Morgan fingerprint density at radius 3 is 2.65 bits per heavy atom. The Morgan fingerprint density at radius 2 is 2.05 bits per heavy atom. The average molecular weight is 299 g/mol. The number of Topliss-reactive ketones (excluding diaryl/α,β-unsaturated/α-hetero) is 1. The van der Waals surface area contributed by atoms with Crippen LogP contribution in [0.2, 0.25) is 0 Å². The molecule has 0 radical (unpaired) electrons. The van der Waals surface area contributed by atoms with Gasteiger partial charge in [0.25, 0.3) is 0 Å². The van der Waals surface area contributed by atoms with Crippen molar-refractivity contribution in [2.45, 2.75) is 12.6 Å².